The molecular formula is C21H27N3O. The van der Waals surface area contributed by atoms with Gasteiger partial charge in [-0.25, -0.2) is 0 Å². The van der Waals surface area contributed by atoms with E-state index in [1.54, 1.807) is 0 Å². The Morgan fingerprint density at radius 2 is 1.92 bits per heavy atom. The number of nitrogens with one attached hydrogen (secondary N) is 1. The molecule has 1 fully saturated rings. The van der Waals surface area contributed by atoms with Gasteiger partial charge in [-0.1, -0.05) is 23.3 Å². The highest BCUT2D eigenvalue weighted by molar-refractivity contribution is 5.94. The molecule has 4 heteroatoms. The Balaban J connectivity index is 1.44. The minimum atomic E-state index is 0.0459. The number of amides is 1. The second kappa shape index (κ2) is 8.26. The number of likely N-dealkylation sites (tertiary alicyclic amines) is 1. The summed E-state index contributed by atoms with van der Waals surface area (Å²) in [7, 11) is 0. The molecule has 4 nitrogen and oxygen atoms in total. The van der Waals surface area contributed by atoms with E-state index in [0.29, 0.717) is 5.92 Å². The van der Waals surface area contributed by atoms with E-state index in [2.05, 4.69) is 27.3 Å². The van der Waals surface area contributed by atoms with Crippen LogP contribution in [0.25, 0.3) is 0 Å². The van der Waals surface area contributed by atoms with Gasteiger partial charge in [0.05, 0.1) is 0 Å². The fraction of sp³-hybridized carbons (Fsp3) is 0.429. The number of piperidine rings is 1. The number of aryl methyl sites for hydroxylation is 2. The molecule has 0 atom stereocenters. The molecule has 2 heterocycles. The molecule has 132 valence electrons. The molecule has 1 aliphatic rings. The zero-order valence-corrected chi connectivity index (χ0v) is 15.2. The summed E-state index contributed by atoms with van der Waals surface area (Å²) in [5.74, 6) is 0.615. The Labute approximate surface area is 150 Å². The first kappa shape index (κ1) is 17.6. The van der Waals surface area contributed by atoms with Crippen LogP contribution in [0.4, 0.5) is 0 Å². The summed E-state index contributed by atoms with van der Waals surface area (Å²) in [6.45, 7) is 7.96. The van der Waals surface area contributed by atoms with Gasteiger partial charge in [-0.05, 0) is 69.5 Å². The average molecular weight is 337 g/mol. The van der Waals surface area contributed by atoms with Gasteiger partial charge in [-0.3, -0.25) is 14.7 Å². The summed E-state index contributed by atoms with van der Waals surface area (Å²) < 4.78 is 0. The van der Waals surface area contributed by atoms with Crippen LogP contribution in [0.2, 0.25) is 0 Å². The van der Waals surface area contributed by atoms with Crippen LogP contribution in [0.1, 0.15) is 39.9 Å². The van der Waals surface area contributed by atoms with Crippen molar-refractivity contribution in [3.8, 4) is 0 Å². The van der Waals surface area contributed by atoms with Crippen LogP contribution >= 0.6 is 0 Å². The van der Waals surface area contributed by atoms with Crippen molar-refractivity contribution in [2.24, 2.45) is 5.92 Å². The summed E-state index contributed by atoms with van der Waals surface area (Å²) in [4.78, 5) is 19.0. The van der Waals surface area contributed by atoms with Gasteiger partial charge in [0, 0.05) is 31.0 Å². The third kappa shape index (κ3) is 5.13. The molecule has 0 radical (unpaired) electrons. The van der Waals surface area contributed by atoms with Crippen molar-refractivity contribution in [2.45, 2.75) is 33.2 Å². The first-order chi connectivity index (χ1) is 12.1. The lowest BCUT2D eigenvalue weighted by Gasteiger charge is -2.32. The molecule has 1 aliphatic heterocycles. The highest BCUT2D eigenvalue weighted by Crippen LogP contribution is 2.18. The quantitative estimate of drug-likeness (QED) is 0.910. The summed E-state index contributed by atoms with van der Waals surface area (Å²) in [5.41, 5.74) is 4.30. The largest absolute Gasteiger partial charge is 0.352 e. The molecule has 25 heavy (non-hydrogen) atoms. The third-order valence-corrected chi connectivity index (χ3v) is 4.87. The number of benzene rings is 1. The zero-order chi connectivity index (χ0) is 17.6. The van der Waals surface area contributed by atoms with Crippen LogP contribution < -0.4 is 5.32 Å². The molecule has 0 saturated carbocycles. The second-order valence-electron chi connectivity index (χ2n) is 7.17. The van der Waals surface area contributed by atoms with Gasteiger partial charge in [-0.2, -0.15) is 0 Å². The fourth-order valence-corrected chi connectivity index (χ4v) is 3.54. The minimum absolute atomic E-state index is 0.0459. The molecular weight excluding hydrogens is 310 g/mol. The van der Waals surface area contributed by atoms with E-state index in [0.717, 1.165) is 55.7 Å². The molecule has 0 aliphatic carbocycles. The SMILES string of the molecule is Cc1cc(C)cc(C(=O)NCC2CCN(Cc3cccnc3)CC2)c1. The van der Waals surface area contributed by atoms with E-state index >= 15 is 0 Å². The van der Waals surface area contributed by atoms with Crippen molar-refractivity contribution >= 4 is 5.91 Å². The number of carbonyl (C=O) groups is 1. The van der Waals surface area contributed by atoms with Gasteiger partial charge < -0.3 is 5.32 Å². The Kier molecular flexibility index (Phi) is 5.82. The number of nitrogens with zero attached hydrogens (tertiary/aromatic N) is 2. The smallest absolute Gasteiger partial charge is 0.251 e. The number of carbonyl (C=O) groups excluding carboxylic acids is 1. The first-order valence-corrected chi connectivity index (χ1v) is 9.08. The van der Waals surface area contributed by atoms with Gasteiger partial charge >= 0.3 is 0 Å². The summed E-state index contributed by atoms with van der Waals surface area (Å²) in [6, 6.07) is 10.1. The van der Waals surface area contributed by atoms with Gasteiger partial charge in [0.1, 0.15) is 0 Å². The molecule has 3 rings (SSSR count). The Morgan fingerprint density at radius 1 is 1.20 bits per heavy atom. The van der Waals surface area contributed by atoms with E-state index in [1.165, 1.54) is 5.56 Å². The number of hydrogen-bond donors (Lipinski definition) is 1. The number of aromatic nitrogens is 1. The Hall–Kier alpha value is -2.20. The highest BCUT2D eigenvalue weighted by Gasteiger charge is 2.20. The molecule has 1 aromatic heterocycles. The summed E-state index contributed by atoms with van der Waals surface area (Å²) in [5, 5.41) is 3.12. The lowest BCUT2D eigenvalue weighted by molar-refractivity contribution is 0.0935. The van der Waals surface area contributed by atoms with E-state index < -0.39 is 0 Å². The van der Waals surface area contributed by atoms with Crippen LogP contribution in [-0.2, 0) is 6.54 Å². The molecule has 0 spiro atoms. The zero-order valence-electron chi connectivity index (χ0n) is 15.2. The van der Waals surface area contributed by atoms with Crippen molar-refractivity contribution in [1.29, 1.82) is 0 Å². The fourth-order valence-electron chi connectivity index (χ4n) is 3.54. The maximum Gasteiger partial charge on any atom is 0.251 e. The maximum atomic E-state index is 12.4. The van der Waals surface area contributed by atoms with Gasteiger partial charge in [-0.15, -0.1) is 0 Å². The lowest BCUT2D eigenvalue weighted by atomic mass is 9.96. The first-order valence-electron chi connectivity index (χ1n) is 9.08. The van der Waals surface area contributed by atoms with Crippen molar-refractivity contribution in [1.82, 2.24) is 15.2 Å². The monoisotopic (exact) mass is 337 g/mol. The van der Waals surface area contributed by atoms with Crippen molar-refractivity contribution in [2.75, 3.05) is 19.6 Å². The Morgan fingerprint density at radius 3 is 2.56 bits per heavy atom. The van der Waals surface area contributed by atoms with Crippen molar-refractivity contribution < 1.29 is 4.79 Å². The molecule has 1 N–H and O–H groups in total. The maximum absolute atomic E-state index is 12.4. The minimum Gasteiger partial charge on any atom is -0.352 e. The van der Waals surface area contributed by atoms with Gasteiger partial charge in [0.15, 0.2) is 0 Å². The molecule has 1 amide bonds. The van der Waals surface area contributed by atoms with E-state index in [1.807, 2.05) is 44.4 Å². The number of rotatable bonds is 5. The average Bonchev–Trinajstić information content (AvgIpc) is 2.61. The van der Waals surface area contributed by atoms with Crippen LogP contribution in [0, 0.1) is 19.8 Å². The van der Waals surface area contributed by atoms with Crippen LogP contribution in [0.5, 0.6) is 0 Å². The van der Waals surface area contributed by atoms with Crippen LogP contribution in [0.3, 0.4) is 0 Å². The molecule has 2 aromatic rings. The van der Waals surface area contributed by atoms with E-state index in [9.17, 15) is 4.79 Å². The second-order valence-corrected chi connectivity index (χ2v) is 7.17. The number of pyridine rings is 1. The van der Waals surface area contributed by atoms with Gasteiger partial charge in [0.25, 0.3) is 5.91 Å². The van der Waals surface area contributed by atoms with Crippen LogP contribution in [0.15, 0.2) is 42.7 Å². The molecule has 0 bridgehead atoms. The summed E-state index contributed by atoms with van der Waals surface area (Å²) >= 11 is 0. The lowest BCUT2D eigenvalue weighted by Crippen LogP contribution is -2.38. The van der Waals surface area contributed by atoms with E-state index in [-0.39, 0.29) is 5.91 Å². The predicted octanol–water partition coefficient (Wildman–Crippen LogP) is 3.34. The topological polar surface area (TPSA) is 45.2 Å². The molecule has 1 aromatic carbocycles. The van der Waals surface area contributed by atoms with Gasteiger partial charge in [0.2, 0.25) is 0 Å². The predicted molar refractivity (Wildman–Crippen MR) is 100 cm³/mol. The third-order valence-electron chi connectivity index (χ3n) is 4.87. The Bertz CT molecular complexity index is 686. The van der Waals surface area contributed by atoms with E-state index in [4.69, 9.17) is 0 Å². The molecule has 0 unspecified atom stereocenters. The molecule has 1 saturated heterocycles. The normalized spacial score (nSPS) is 15.9. The highest BCUT2D eigenvalue weighted by atomic mass is 16.1. The van der Waals surface area contributed by atoms with Crippen molar-refractivity contribution in [3.63, 3.8) is 0 Å². The standard InChI is InChI=1S/C21H27N3O/c1-16-10-17(2)12-20(11-16)21(25)23-14-18-5-8-24(9-6-18)15-19-4-3-7-22-13-19/h3-4,7,10-13,18H,5-6,8-9,14-15H2,1-2H3,(H,23,25). The van der Waals surface area contributed by atoms with Crippen molar-refractivity contribution in [3.05, 3.63) is 65.0 Å². The summed E-state index contributed by atoms with van der Waals surface area (Å²) in [6.07, 6.45) is 6.02. The number of hydrogen-bond acceptors (Lipinski definition) is 3. The van der Waals surface area contributed by atoms with Crippen LogP contribution in [-0.4, -0.2) is 35.4 Å².